The second-order valence-electron chi connectivity index (χ2n) is 25.1. The van der Waals surface area contributed by atoms with E-state index in [2.05, 4.69) is 31.3 Å². The molecule has 8 saturated heterocycles. The van der Waals surface area contributed by atoms with Gasteiger partial charge in [0.2, 0.25) is 0 Å². The molecule has 4 unspecified atom stereocenters. The molecule has 39 nitrogen and oxygen atoms in total. The molecule has 0 spiro atoms. The van der Waals surface area contributed by atoms with Gasteiger partial charge < -0.3 is 116 Å². The third-order valence-corrected chi connectivity index (χ3v) is 18.7. The molecule has 552 valence electrons. The Hall–Kier alpha value is -8.17. The highest BCUT2D eigenvalue weighted by atomic mass is 16.8. The number of hydrogen-bond donors (Lipinski definition) is 4. The van der Waals surface area contributed by atoms with Crippen LogP contribution < -0.4 is 21.3 Å². The van der Waals surface area contributed by atoms with Gasteiger partial charge in [-0.2, -0.15) is 0 Å². The number of methoxy groups -OCH3 is 4. The van der Waals surface area contributed by atoms with Crippen LogP contribution in [-0.4, -0.2) is 254 Å². The van der Waals surface area contributed by atoms with Crippen molar-refractivity contribution in [3.05, 3.63) is 10.4 Å². The van der Waals surface area contributed by atoms with E-state index in [1.807, 2.05) is 0 Å². The van der Waals surface area contributed by atoms with Crippen molar-refractivity contribution >= 4 is 72.1 Å². The molecule has 8 heterocycles. The highest BCUT2D eigenvalue weighted by Crippen LogP contribution is 2.46. The Morgan fingerprint density at radius 3 is 0.949 bits per heavy atom. The average molecular weight is 1420 g/mol. The predicted octanol–water partition coefficient (Wildman–Crippen LogP) is 0.975. The first-order valence-corrected chi connectivity index (χ1v) is 32.0. The smallest absolute Gasteiger partial charge is 0.407 e. The predicted molar refractivity (Wildman–Crippen MR) is 317 cm³/mol. The number of nitrogens with zero attached hydrogens (tertiary/aromatic N) is 3. The number of azide groups is 1. The minimum absolute atomic E-state index is 0.0273. The lowest BCUT2D eigenvalue weighted by Crippen LogP contribution is -2.66. The monoisotopic (exact) mass is 1420 g/mol. The van der Waals surface area contributed by atoms with Crippen LogP contribution in [0.1, 0.15) is 101 Å². The molecular weight excluding hydrogens is 1330 g/mol. The summed E-state index contributed by atoms with van der Waals surface area (Å²) < 4.78 is 118. The van der Waals surface area contributed by atoms with Crippen molar-refractivity contribution in [2.75, 3.05) is 61.4 Å². The van der Waals surface area contributed by atoms with Gasteiger partial charge in [-0.1, -0.05) is 39.7 Å². The maximum absolute atomic E-state index is 14.5. The first kappa shape index (κ1) is 76.6. The van der Waals surface area contributed by atoms with Crippen LogP contribution in [0, 0.1) is 23.7 Å². The van der Waals surface area contributed by atoms with Gasteiger partial charge >= 0.3 is 72.1 Å². The molecular formula is C60H85N7O32. The van der Waals surface area contributed by atoms with Gasteiger partial charge in [-0.3, -0.25) is 19.2 Å². The third-order valence-electron chi connectivity index (χ3n) is 18.7. The number of ether oxygens (including phenoxy) is 20. The molecule has 0 aliphatic carbocycles. The molecule has 8 aliphatic rings. The summed E-state index contributed by atoms with van der Waals surface area (Å²) in [6, 6.07) is -4.27. The third kappa shape index (κ3) is 16.7. The summed E-state index contributed by atoms with van der Waals surface area (Å²) in [5, 5.41) is 14.1. The normalized spacial score (nSPS) is 34.1. The van der Waals surface area contributed by atoms with Gasteiger partial charge in [-0.05, 0) is 18.4 Å². The number of rotatable bonds is 31. The SMILES string of the molecule is CC[C@@H](OC(C)=O)[C@@H](C)C1O[C@@](OC[C@@H](OC(C)=O)[C@@H](C)C2O[C@@](OC[C@@H](OC(C)=O)[C@@H](C)C3O[C@@](OC[C@@H](OC(C)=O)[C@@H](C)C4O[C@@](OCCCN=[N+]=[N-])(C(=O)OC)C[C@H]5OC(=O)N[C@@H]45)(C(=O)OC)C[C@H]4OC(=O)N[C@@H]34)(C(=O)OC)C[C@H]3OC(=O)N[C@@H]23)(C(=O)OC)C[C@H]2OC(=O)N[C@@H]12. The number of esters is 8. The molecule has 8 rings (SSSR count). The molecule has 99 heavy (non-hydrogen) atoms. The molecule has 0 aromatic heterocycles. The Balaban J connectivity index is 1.07. The first-order valence-electron chi connectivity index (χ1n) is 32.0. The fraction of sp³-hybridized carbons (Fsp3) is 0.800. The summed E-state index contributed by atoms with van der Waals surface area (Å²) in [5.41, 5.74) is 8.80. The van der Waals surface area contributed by atoms with Gasteiger partial charge in [0, 0.05) is 62.8 Å². The summed E-state index contributed by atoms with van der Waals surface area (Å²) >= 11 is 0. The van der Waals surface area contributed by atoms with E-state index in [-0.39, 0.29) is 32.4 Å². The lowest BCUT2D eigenvalue weighted by molar-refractivity contribution is -0.322. The molecule has 4 amide bonds. The number of carbonyl (C=O) groups excluding carboxylic acids is 12. The highest BCUT2D eigenvalue weighted by molar-refractivity contribution is 5.81. The summed E-state index contributed by atoms with van der Waals surface area (Å²) in [6.45, 7) is 9.67. The fourth-order valence-electron chi connectivity index (χ4n) is 13.9. The lowest BCUT2D eigenvalue weighted by Gasteiger charge is -2.48. The Morgan fingerprint density at radius 2 is 0.707 bits per heavy atom. The van der Waals surface area contributed by atoms with Crippen molar-refractivity contribution in [1.82, 2.24) is 21.3 Å². The van der Waals surface area contributed by atoms with Crippen LogP contribution in [0.5, 0.6) is 0 Å². The average Bonchev–Trinajstić information content (AvgIpc) is 1.68. The zero-order valence-corrected chi connectivity index (χ0v) is 56.7. The van der Waals surface area contributed by atoms with Crippen molar-refractivity contribution in [1.29, 1.82) is 0 Å². The van der Waals surface area contributed by atoms with Crippen molar-refractivity contribution in [2.24, 2.45) is 28.8 Å². The van der Waals surface area contributed by atoms with Crippen molar-refractivity contribution in [3.8, 4) is 0 Å². The molecule has 0 radical (unpaired) electrons. The summed E-state index contributed by atoms with van der Waals surface area (Å²) in [7, 11) is 4.10. The molecule has 39 heteroatoms. The van der Waals surface area contributed by atoms with Gasteiger partial charge in [0.05, 0.1) is 129 Å². The van der Waals surface area contributed by atoms with E-state index in [0.717, 1.165) is 49.2 Å². The Bertz CT molecular complexity index is 3100. The highest BCUT2D eigenvalue weighted by Gasteiger charge is 2.66. The van der Waals surface area contributed by atoms with Gasteiger partial charge in [0.15, 0.2) is 0 Å². The van der Waals surface area contributed by atoms with Crippen molar-refractivity contribution < 1.29 is 152 Å². The molecule has 24 atom stereocenters. The maximum Gasteiger partial charge on any atom is 0.407 e. The van der Waals surface area contributed by atoms with E-state index in [9.17, 15) is 57.5 Å². The molecule has 8 aliphatic heterocycles. The molecule has 0 aromatic rings. The van der Waals surface area contributed by atoms with E-state index >= 15 is 0 Å². The van der Waals surface area contributed by atoms with Crippen LogP contribution in [0.3, 0.4) is 0 Å². The van der Waals surface area contributed by atoms with Crippen molar-refractivity contribution in [2.45, 2.75) is 221 Å². The second-order valence-corrected chi connectivity index (χ2v) is 25.1. The van der Waals surface area contributed by atoms with E-state index < -0.39 is 255 Å². The standard InChI is InChI=1S/C60H85N7O32/c1-14-33(88-29(6)68)25(2)45-41-35(93-53(76)63-41)19-58(97-45,50(73)81-11)85-23-39(90-31(8)70)27(4)47-43-37(95-55(78)65-43)21-60(99-47,52(75)83-13)87-24-40(91-32(9)71)28(5)48-44-36(94-56(79)66-44)20-59(98-48,51(74)82-12)86-22-38(89-30(7)69)26(3)46-42-34(92-54(77)64-42)18-57(96-46,49(72)80-10)84-17-15-16-62-67-61/h25-28,33-48H,14-24H2,1-13H3,(H,63,76)(H,64,77)(H,65,78)(H,66,79)/t25-,26-,27-,28-,33-,34-,35-,36-,37-,38-,39-,40-,41-,42-,43-,44-,45?,46?,47?,48?,57-,58-,59-,60-/m1/s1. The summed E-state index contributed by atoms with van der Waals surface area (Å²) in [5.74, 6) is -22.1. The Morgan fingerprint density at radius 1 is 0.455 bits per heavy atom. The number of alkyl carbamates (subject to hydrolysis) is 4. The Kier molecular flexibility index (Phi) is 24.8. The van der Waals surface area contributed by atoms with E-state index in [1.165, 1.54) is 27.7 Å². The van der Waals surface area contributed by atoms with Crippen LogP contribution in [0.2, 0.25) is 0 Å². The number of fused-ring (bicyclic) bond motifs is 4. The summed E-state index contributed by atoms with van der Waals surface area (Å²) in [6.07, 6.45) is -21.0. The van der Waals surface area contributed by atoms with E-state index in [0.29, 0.717) is 0 Å². The van der Waals surface area contributed by atoms with Crippen molar-refractivity contribution in [3.63, 3.8) is 0 Å². The minimum atomic E-state index is -2.62. The second kappa shape index (κ2) is 32.0. The van der Waals surface area contributed by atoms with Gasteiger partial charge in [-0.25, -0.2) is 38.4 Å². The largest absolute Gasteiger partial charge is 0.465 e. The topological polar surface area (TPSA) is 486 Å². The molecule has 0 aromatic carbocycles. The number of hydrogen-bond acceptors (Lipinski definition) is 33. The first-order chi connectivity index (χ1) is 46.9. The van der Waals surface area contributed by atoms with Gasteiger partial charge in [0.1, 0.15) is 48.8 Å². The number of nitrogens with one attached hydrogen (secondary N) is 4. The minimum Gasteiger partial charge on any atom is -0.465 e. The van der Waals surface area contributed by atoms with Crippen LogP contribution >= 0.6 is 0 Å². The quantitative estimate of drug-likeness (QED) is 0.0188. The lowest BCUT2D eigenvalue weighted by atomic mass is 9.83. The molecule has 0 bridgehead atoms. The maximum atomic E-state index is 14.5. The van der Waals surface area contributed by atoms with Crippen LogP contribution in [0.4, 0.5) is 19.2 Å². The van der Waals surface area contributed by atoms with Crippen LogP contribution in [0.25, 0.3) is 10.4 Å². The zero-order chi connectivity index (χ0) is 72.6. The molecule has 4 N–H and O–H groups in total. The van der Waals surface area contributed by atoms with Gasteiger partial charge in [-0.15, -0.1) is 0 Å². The van der Waals surface area contributed by atoms with Gasteiger partial charge in [0.25, 0.3) is 23.1 Å². The molecule has 8 fully saturated rings. The molecule has 0 saturated carbocycles. The zero-order valence-electron chi connectivity index (χ0n) is 56.7. The summed E-state index contributed by atoms with van der Waals surface area (Å²) in [4.78, 5) is 163. The number of amides is 4. The fourth-order valence-corrected chi connectivity index (χ4v) is 13.9. The van der Waals surface area contributed by atoms with Crippen LogP contribution in [0.15, 0.2) is 5.11 Å². The number of carbonyl (C=O) groups is 12. The Labute approximate surface area is 566 Å². The van der Waals surface area contributed by atoms with Crippen LogP contribution in [-0.2, 0) is 133 Å². The van der Waals surface area contributed by atoms with E-state index in [1.54, 1.807) is 13.8 Å². The van der Waals surface area contributed by atoms with E-state index in [4.69, 9.17) is 100 Å².